The van der Waals surface area contributed by atoms with Gasteiger partial charge in [-0.2, -0.15) is 5.10 Å². The first-order valence-electron chi connectivity index (χ1n) is 5.68. The maximum absolute atomic E-state index is 13.7. The molecule has 0 saturated carbocycles. The Labute approximate surface area is 108 Å². The largest absolute Gasteiger partial charge is 0.478 e. The number of carboxylic acid groups (broad SMARTS) is 1. The number of rotatable bonds is 3. The van der Waals surface area contributed by atoms with E-state index in [9.17, 15) is 13.6 Å². The van der Waals surface area contributed by atoms with Gasteiger partial charge in [0.05, 0.1) is 0 Å². The number of hydrogen-bond donors (Lipinski definition) is 1. The van der Waals surface area contributed by atoms with Crippen LogP contribution in [-0.4, -0.2) is 20.9 Å². The summed E-state index contributed by atoms with van der Waals surface area (Å²) >= 11 is 0. The zero-order chi connectivity index (χ0) is 14.2. The van der Waals surface area contributed by atoms with Crippen LogP contribution in [0, 0.1) is 11.6 Å². The summed E-state index contributed by atoms with van der Waals surface area (Å²) in [6.45, 7) is 3.62. The molecule has 0 saturated heterocycles. The third-order valence-electron chi connectivity index (χ3n) is 2.67. The summed E-state index contributed by atoms with van der Waals surface area (Å²) in [6, 6.07) is 2.78. The molecule has 100 valence electrons. The quantitative estimate of drug-likeness (QED) is 0.928. The van der Waals surface area contributed by atoms with Crippen LogP contribution in [0.25, 0.3) is 11.3 Å². The van der Waals surface area contributed by atoms with Gasteiger partial charge in [-0.3, -0.25) is 4.68 Å². The lowest BCUT2D eigenvalue weighted by Crippen LogP contribution is -2.01. The monoisotopic (exact) mass is 266 g/mol. The Bertz CT molecular complexity index is 636. The Morgan fingerprint density at radius 3 is 2.63 bits per heavy atom. The van der Waals surface area contributed by atoms with Gasteiger partial charge in [0.1, 0.15) is 22.9 Å². The molecular weight excluding hydrogens is 254 g/mol. The summed E-state index contributed by atoms with van der Waals surface area (Å²) in [4.78, 5) is 11.2. The first kappa shape index (κ1) is 13.2. The number of nitrogens with zero attached hydrogens (tertiary/aromatic N) is 2. The molecule has 1 aromatic carbocycles. The zero-order valence-corrected chi connectivity index (χ0v) is 10.4. The summed E-state index contributed by atoms with van der Waals surface area (Å²) in [5.41, 5.74) is -0.381. The maximum Gasteiger partial charge on any atom is 0.339 e. The Balaban J connectivity index is 2.66. The minimum absolute atomic E-state index is 0.0711. The van der Waals surface area contributed by atoms with Gasteiger partial charge in [-0.15, -0.1) is 0 Å². The van der Waals surface area contributed by atoms with Crippen molar-refractivity contribution in [2.24, 2.45) is 0 Å². The minimum atomic E-state index is -1.23. The first-order chi connectivity index (χ1) is 8.90. The molecule has 4 nitrogen and oxygen atoms in total. The summed E-state index contributed by atoms with van der Waals surface area (Å²) in [5, 5.41) is 13.1. The van der Waals surface area contributed by atoms with Crippen LogP contribution in [0.2, 0.25) is 0 Å². The Hall–Kier alpha value is -2.24. The second-order valence-electron chi connectivity index (χ2n) is 4.39. The van der Waals surface area contributed by atoms with Crippen molar-refractivity contribution in [3.05, 3.63) is 41.6 Å². The van der Waals surface area contributed by atoms with E-state index in [2.05, 4.69) is 5.10 Å². The van der Waals surface area contributed by atoms with Gasteiger partial charge in [-0.05, 0) is 32.0 Å². The van der Waals surface area contributed by atoms with Gasteiger partial charge in [0.25, 0.3) is 0 Å². The topological polar surface area (TPSA) is 55.1 Å². The third-order valence-corrected chi connectivity index (χ3v) is 2.67. The van der Waals surface area contributed by atoms with Crippen molar-refractivity contribution in [1.82, 2.24) is 9.78 Å². The second kappa shape index (κ2) is 4.79. The predicted octanol–water partition coefficient (Wildman–Crippen LogP) is 3.11. The van der Waals surface area contributed by atoms with Crippen molar-refractivity contribution in [2.75, 3.05) is 0 Å². The molecule has 6 heteroatoms. The molecule has 0 aliphatic heterocycles. The molecule has 0 unspecified atom stereocenters. The van der Waals surface area contributed by atoms with E-state index in [4.69, 9.17) is 5.11 Å². The van der Waals surface area contributed by atoms with Gasteiger partial charge in [0.2, 0.25) is 0 Å². The number of halogens is 2. The number of carboxylic acids is 1. The van der Waals surface area contributed by atoms with Gasteiger partial charge in [0, 0.05) is 17.8 Å². The van der Waals surface area contributed by atoms with E-state index in [1.54, 1.807) is 0 Å². The number of aromatic nitrogens is 2. The molecule has 0 radical (unpaired) electrons. The highest BCUT2D eigenvalue weighted by molar-refractivity contribution is 5.94. The van der Waals surface area contributed by atoms with Crippen molar-refractivity contribution < 1.29 is 18.7 Å². The number of hydrogen-bond acceptors (Lipinski definition) is 2. The molecule has 0 aliphatic carbocycles. The molecule has 2 rings (SSSR count). The summed E-state index contributed by atoms with van der Waals surface area (Å²) in [5.74, 6) is -2.59. The predicted molar refractivity (Wildman–Crippen MR) is 64.9 cm³/mol. The molecule has 0 spiro atoms. The van der Waals surface area contributed by atoms with Crippen LogP contribution in [-0.2, 0) is 0 Å². The van der Waals surface area contributed by atoms with Crippen molar-refractivity contribution in [2.45, 2.75) is 19.9 Å². The fraction of sp³-hybridized carbons (Fsp3) is 0.231. The van der Waals surface area contributed by atoms with Gasteiger partial charge < -0.3 is 5.11 Å². The molecule has 1 heterocycles. The normalized spacial score (nSPS) is 11.0. The van der Waals surface area contributed by atoms with Crippen LogP contribution >= 0.6 is 0 Å². The van der Waals surface area contributed by atoms with Gasteiger partial charge >= 0.3 is 5.97 Å². The molecule has 2 aromatic rings. The smallest absolute Gasteiger partial charge is 0.339 e. The molecule has 0 fully saturated rings. The fourth-order valence-corrected chi connectivity index (χ4v) is 1.69. The summed E-state index contributed by atoms with van der Waals surface area (Å²) < 4.78 is 28.3. The van der Waals surface area contributed by atoms with Crippen LogP contribution in [0.5, 0.6) is 0 Å². The average Bonchev–Trinajstić information content (AvgIpc) is 2.77. The van der Waals surface area contributed by atoms with E-state index in [0.29, 0.717) is 0 Å². The Kier molecular flexibility index (Phi) is 3.33. The summed E-state index contributed by atoms with van der Waals surface area (Å²) in [6.07, 6.45) is 1.31. The molecular formula is C13H12F2N2O2. The lowest BCUT2D eigenvalue weighted by atomic mass is 10.1. The molecule has 0 bridgehead atoms. The lowest BCUT2D eigenvalue weighted by molar-refractivity contribution is 0.0697. The number of carbonyl (C=O) groups is 1. The maximum atomic E-state index is 13.7. The van der Waals surface area contributed by atoms with Crippen LogP contribution in [0.1, 0.15) is 30.2 Å². The standard InChI is InChI=1S/C13H12F2N2O2/c1-7(2)17-6-10(13(18)19)12(16-17)9-5-8(14)3-4-11(9)15/h3-7H,1-2H3,(H,18,19). The Morgan fingerprint density at radius 2 is 2.05 bits per heavy atom. The molecule has 19 heavy (non-hydrogen) atoms. The summed E-state index contributed by atoms with van der Waals surface area (Å²) in [7, 11) is 0. The number of aromatic carboxylic acids is 1. The van der Waals surface area contributed by atoms with Crippen LogP contribution in [0.15, 0.2) is 24.4 Å². The van der Waals surface area contributed by atoms with Gasteiger partial charge in [-0.1, -0.05) is 0 Å². The molecule has 0 atom stereocenters. The molecule has 0 aliphatic rings. The van der Waals surface area contributed by atoms with Gasteiger partial charge in [-0.25, -0.2) is 13.6 Å². The highest BCUT2D eigenvalue weighted by atomic mass is 19.1. The van der Waals surface area contributed by atoms with Crippen LogP contribution < -0.4 is 0 Å². The van der Waals surface area contributed by atoms with Crippen molar-refractivity contribution in [1.29, 1.82) is 0 Å². The molecule has 1 aromatic heterocycles. The van der Waals surface area contributed by atoms with Gasteiger partial charge in [0.15, 0.2) is 0 Å². The van der Waals surface area contributed by atoms with E-state index in [-0.39, 0.29) is 22.9 Å². The van der Waals surface area contributed by atoms with Crippen molar-refractivity contribution in [3.8, 4) is 11.3 Å². The minimum Gasteiger partial charge on any atom is -0.478 e. The van der Waals surface area contributed by atoms with E-state index >= 15 is 0 Å². The second-order valence-corrected chi connectivity index (χ2v) is 4.39. The average molecular weight is 266 g/mol. The van der Waals surface area contributed by atoms with Crippen LogP contribution in [0.3, 0.4) is 0 Å². The fourth-order valence-electron chi connectivity index (χ4n) is 1.69. The first-order valence-corrected chi connectivity index (χ1v) is 5.68. The lowest BCUT2D eigenvalue weighted by Gasteiger charge is -2.04. The zero-order valence-electron chi connectivity index (χ0n) is 10.4. The van der Waals surface area contributed by atoms with E-state index < -0.39 is 17.6 Å². The highest BCUT2D eigenvalue weighted by Gasteiger charge is 2.21. The van der Waals surface area contributed by atoms with E-state index in [1.165, 1.54) is 10.9 Å². The third kappa shape index (κ3) is 2.47. The van der Waals surface area contributed by atoms with E-state index in [1.807, 2.05) is 13.8 Å². The van der Waals surface area contributed by atoms with Crippen molar-refractivity contribution >= 4 is 5.97 Å². The Morgan fingerprint density at radius 1 is 1.37 bits per heavy atom. The highest BCUT2D eigenvalue weighted by Crippen LogP contribution is 2.26. The van der Waals surface area contributed by atoms with Crippen molar-refractivity contribution in [3.63, 3.8) is 0 Å². The molecule has 0 amide bonds. The molecule has 1 N–H and O–H groups in total. The number of benzene rings is 1. The SMILES string of the molecule is CC(C)n1cc(C(=O)O)c(-c2cc(F)ccc2F)n1. The van der Waals surface area contributed by atoms with E-state index in [0.717, 1.165) is 18.2 Å². The van der Waals surface area contributed by atoms with Crippen LogP contribution in [0.4, 0.5) is 8.78 Å².